The maximum Gasteiger partial charge on any atom is 0.235 e. The van der Waals surface area contributed by atoms with Crippen LogP contribution in [0.1, 0.15) is 0 Å². The van der Waals surface area contributed by atoms with Crippen molar-refractivity contribution in [3.05, 3.63) is 182 Å². The normalized spacial score (nSPS) is 12.2. The molecule has 9 aromatic carbocycles. The lowest BCUT2D eigenvalue weighted by molar-refractivity contribution is 0.673. The lowest BCUT2D eigenvalue weighted by Gasteiger charge is -2.12. The Hall–Kier alpha value is -7.76. The number of rotatable bonds is 3. The van der Waals surface area contributed by atoms with Crippen molar-refractivity contribution in [1.29, 1.82) is 0 Å². The van der Waals surface area contributed by atoms with Gasteiger partial charge in [0.05, 0.1) is 38.7 Å². The van der Waals surface area contributed by atoms with Crippen LogP contribution in [0.15, 0.2) is 186 Å². The molecular weight excluding hydrogens is 697 g/mol. The van der Waals surface area contributed by atoms with E-state index in [0.717, 1.165) is 93.4 Å². The predicted molar refractivity (Wildman–Crippen MR) is 236 cm³/mol. The number of hydrogen-bond donors (Lipinski definition) is 0. The lowest BCUT2D eigenvalue weighted by Crippen LogP contribution is -2.03. The zero-order valence-corrected chi connectivity index (χ0v) is 30.5. The van der Waals surface area contributed by atoms with Crippen molar-refractivity contribution in [3.63, 3.8) is 0 Å². The predicted octanol–water partition coefficient (Wildman–Crippen LogP) is 13.7. The topological polar surface area (TPSA) is 48.8 Å². The van der Waals surface area contributed by atoms with E-state index in [1.165, 1.54) is 21.5 Å². The molecule has 0 saturated carbocycles. The summed E-state index contributed by atoms with van der Waals surface area (Å²) in [5, 5.41) is 12.5. The van der Waals surface area contributed by atoms with Gasteiger partial charge >= 0.3 is 0 Å². The van der Waals surface area contributed by atoms with Gasteiger partial charge in [0.25, 0.3) is 0 Å². The molecule has 0 bridgehead atoms. The van der Waals surface area contributed by atoms with Crippen molar-refractivity contribution in [1.82, 2.24) is 19.1 Å². The van der Waals surface area contributed by atoms with Crippen molar-refractivity contribution in [2.24, 2.45) is 0 Å². The van der Waals surface area contributed by atoms with Gasteiger partial charge in [-0.1, -0.05) is 121 Å². The number of aromatic nitrogens is 4. The first-order valence-electron chi connectivity index (χ1n) is 19.3. The fraction of sp³-hybridized carbons (Fsp3) is 0. The summed E-state index contributed by atoms with van der Waals surface area (Å²) in [6.07, 6.45) is 0. The molecule has 4 aromatic heterocycles. The van der Waals surface area contributed by atoms with Crippen LogP contribution in [0.4, 0.5) is 0 Å². The number of benzene rings is 9. The number of furan rings is 1. The van der Waals surface area contributed by atoms with E-state index in [0.29, 0.717) is 5.95 Å². The molecule has 0 radical (unpaired) electrons. The monoisotopic (exact) mass is 726 g/mol. The summed E-state index contributed by atoms with van der Waals surface area (Å²) in [6, 6.07) is 64.8. The zero-order chi connectivity index (χ0) is 37.2. The standard InChI is InChI=1S/C52H30N4O/c1-3-13-33-29-35(22-21-31(33)11-1)49-39-16-5-8-18-42(39)53-52(54-49)56-43-19-9-6-17-40(43)47-44(56)28-26-41-48-45(27-25-38-37-15-7-10-20-46(37)57-51(38)48)55(50(41)47)36-24-23-32-12-2-4-14-34(32)30-36/h1-30H. The Morgan fingerprint density at radius 2 is 1.05 bits per heavy atom. The SMILES string of the molecule is c1ccc2cc(-c3nc(-n4c5ccccc5c5c4ccc4c6c7oc8ccccc8c7ccc6n(-c6ccc7ccccc7c6)c45)nc4ccccc34)ccc2c1. The lowest BCUT2D eigenvalue weighted by atomic mass is 10.0. The first-order valence-corrected chi connectivity index (χ1v) is 19.3. The van der Waals surface area contributed by atoms with Gasteiger partial charge in [-0.25, -0.2) is 9.97 Å². The highest BCUT2D eigenvalue weighted by atomic mass is 16.3. The molecule has 0 N–H and O–H groups in total. The third-order valence-electron chi connectivity index (χ3n) is 11.9. The van der Waals surface area contributed by atoms with Crippen LogP contribution in [-0.2, 0) is 0 Å². The average Bonchev–Trinajstić information content (AvgIpc) is 3.93. The van der Waals surface area contributed by atoms with E-state index in [2.05, 4.69) is 185 Å². The Kier molecular flexibility index (Phi) is 6.10. The van der Waals surface area contributed by atoms with Crippen LogP contribution >= 0.6 is 0 Å². The van der Waals surface area contributed by atoms with Crippen molar-refractivity contribution in [3.8, 4) is 22.9 Å². The molecule has 4 heterocycles. The molecule has 5 heteroatoms. The highest BCUT2D eigenvalue weighted by Gasteiger charge is 2.25. The summed E-state index contributed by atoms with van der Waals surface area (Å²) in [5.41, 5.74) is 10.0. The molecule has 0 amide bonds. The summed E-state index contributed by atoms with van der Waals surface area (Å²) >= 11 is 0. The Morgan fingerprint density at radius 3 is 1.89 bits per heavy atom. The summed E-state index contributed by atoms with van der Waals surface area (Å²) in [5.74, 6) is 0.635. The maximum atomic E-state index is 6.75. The molecular formula is C52H30N4O. The largest absolute Gasteiger partial charge is 0.455 e. The molecule has 0 aliphatic rings. The molecule has 13 rings (SSSR count). The van der Waals surface area contributed by atoms with Crippen LogP contribution in [0.5, 0.6) is 0 Å². The van der Waals surface area contributed by atoms with Crippen LogP contribution in [0.2, 0.25) is 0 Å². The third kappa shape index (κ3) is 4.28. The van der Waals surface area contributed by atoms with Gasteiger partial charge in [-0.05, 0) is 82.2 Å². The summed E-state index contributed by atoms with van der Waals surface area (Å²) in [7, 11) is 0. The van der Waals surface area contributed by atoms with E-state index in [1.54, 1.807) is 0 Å². The quantitative estimate of drug-likeness (QED) is 0.182. The molecule has 0 spiro atoms. The Bertz CT molecular complexity index is 3830. The number of para-hydroxylation sites is 3. The third-order valence-corrected chi connectivity index (χ3v) is 11.9. The first kappa shape index (κ1) is 30.6. The van der Waals surface area contributed by atoms with Crippen LogP contribution in [0.25, 0.3) is 121 Å². The van der Waals surface area contributed by atoms with Gasteiger partial charge in [0.2, 0.25) is 5.95 Å². The Labute approximate surface area is 325 Å². The second-order valence-electron chi connectivity index (χ2n) is 15.0. The molecule has 13 aromatic rings. The van der Waals surface area contributed by atoms with E-state index in [9.17, 15) is 0 Å². The van der Waals surface area contributed by atoms with Gasteiger partial charge in [0.15, 0.2) is 0 Å². The molecule has 0 fully saturated rings. The number of nitrogens with zero attached hydrogens (tertiary/aromatic N) is 4. The summed E-state index contributed by atoms with van der Waals surface area (Å²) in [4.78, 5) is 10.8. The van der Waals surface area contributed by atoms with E-state index in [1.807, 2.05) is 6.07 Å². The molecule has 57 heavy (non-hydrogen) atoms. The van der Waals surface area contributed by atoms with Gasteiger partial charge in [-0.2, -0.15) is 0 Å². The molecule has 0 aliphatic carbocycles. The second kappa shape index (κ2) is 11.4. The molecule has 0 aliphatic heterocycles. The minimum absolute atomic E-state index is 0.635. The Balaban J connectivity index is 1.18. The van der Waals surface area contributed by atoms with Crippen molar-refractivity contribution in [2.75, 3.05) is 0 Å². The van der Waals surface area contributed by atoms with Crippen LogP contribution in [0, 0.1) is 0 Å². The first-order chi connectivity index (χ1) is 28.3. The van der Waals surface area contributed by atoms with Crippen molar-refractivity contribution in [2.45, 2.75) is 0 Å². The van der Waals surface area contributed by atoms with E-state index >= 15 is 0 Å². The minimum Gasteiger partial charge on any atom is -0.455 e. The maximum absolute atomic E-state index is 6.75. The summed E-state index contributed by atoms with van der Waals surface area (Å²) < 4.78 is 11.4. The molecule has 0 saturated heterocycles. The van der Waals surface area contributed by atoms with Crippen LogP contribution in [0.3, 0.4) is 0 Å². The smallest absolute Gasteiger partial charge is 0.235 e. The van der Waals surface area contributed by atoms with E-state index < -0.39 is 0 Å². The van der Waals surface area contributed by atoms with Crippen molar-refractivity contribution < 1.29 is 4.42 Å². The molecule has 0 unspecified atom stereocenters. The second-order valence-corrected chi connectivity index (χ2v) is 15.0. The van der Waals surface area contributed by atoms with Gasteiger partial charge < -0.3 is 8.98 Å². The molecule has 0 atom stereocenters. The Morgan fingerprint density at radius 1 is 0.404 bits per heavy atom. The highest BCUT2D eigenvalue weighted by molar-refractivity contribution is 6.31. The minimum atomic E-state index is 0.635. The van der Waals surface area contributed by atoms with E-state index in [-0.39, 0.29) is 0 Å². The van der Waals surface area contributed by atoms with Gasteiger partial charge in [0, 0.05) is 43.6 Å². The van der Waals surface area contributed by atoms with Gasteiger partial charge in [0.1, 0.15) is 11.2 Å². The van der Waals surface area contributed by atoms with Crippen LogP contribution in [-0.4, -0.2) is 19.1 Å². The van der Waals surface area contributed by atoms with Crippen LogP contribution < -0.4 is 0 Å². The zero-order valence-electron chi connectivity index (χ0n) is 30.5. The van der Waals surface area contributed by atoms with Crippen molar-refractivity contribution >= 4 is 98.0 Å². The summed E-state index contributed by atoms with van der Waals surface area (Å²) in [6.45, 7) is 0. The van der Waals surface area contributed by atoms with E-state index in [4.69, 9.17) is 14.4 Å². The number of hydrogen-bond acceptors (Lipinski definition) is 3. The average molecular weight is 727 g/mol. The highest BCUT2D eigenvalue weighted by Crippen LogP contribution is 2.45. The fourth-order valence-electron chi connectivity index (χ4n) is 9.34. The van der Waals surface area contributed by atoms with Gasteiger partial charge in [-0.15, -0.1) is 0 Å². The fourth-order valence-corrected chi connectivity index (χ4v) is 9.34. The number of fused-ring (bicyclic) bond motifs is 14. The molecule has 264 valence electrons. The van der Waals surface area contributed by atoms with Gasteiger partial charge in [-0.3, -0.25) is 4.57 Å². The molecule has 5 nitrogen and oxygen atoms in total.